The lowest BCUT2D eigenvalue weighted by Gasteiger charge is -2.44. The predicted molar refractivity (Wildman–Crippen MR) is 73.8 cm³/mol. The maximum Gasteiger partial charge on any atom is 0.217 e. The molecule has 1 rings (SSSR count). The molecule has 14 heteroatoms. The van der Waals surface area contributed by atoms with Crippen LogP contribution in [-0.4, -0.2) is 79.0 Å². The van der Waals surface area contributed by atoms with Crippen LogP contribution in [0.25, 0.3) is 0 Å². The largest absolute Gasteiger partial charge is 0.735 e. The van der Waals surface area contributed by atoms with Gasteiger partial charge >= 0.3 is 0 Å². The van der Waals surface area contributed by atoms with Crippen LogP contribution in [0.5, 0.6) is 0 Å². The molecule has 5 atom stereocenters. The Balaban J connectivity index is 3.01. The van der Waals surface area contributed by atoms with Crippen LogP contribution in [0.4, 0.5) is 0 Å². The van der Waals surface area contributed by atoms with Gasteiger partial charge in [-0.1, -0.05) is 0 Å². The summed E-state index contributed by atoms with van der Waals surface area (Å²) in [7, 11) is -10.1. The van der Waals surface area contributed by atoms with Gasteiger partial charge in [-0.15, -0.1) is 0 Å². The van der Waals surface area contributed by atoms with E-state index in [1.807, 2.05) is 0 Å². The molecule has 0 aliphatic carbocycles. The molecule has 0 bridgehead atoms. The van der Waals surface area contributed by atoms with Crippen molar-refractivity contribution < 1.29 is 49.8 Å². The predicted octanol–water partition coefficient (Wildman–Crippen LogP) is -2.86. The number of rotatable bonds is 6. The zero-order chi connectivity index (χ0) is 18.9. The van der Waals surface area contributed by atoms with Gasteiger partial charge in [-0.05, 0) is 20.8 Å². The minimum atomic E-state index is -5.08. The minimum absolute atomic E-state index is 0.921. The van der Waals surface area contributed by atoms with E-state index in [9.17, 15) is 36.2 Å². The molecule has 24 heavy (non-hydrogen) atoms. The molecule has 3 N–H and O–H groups in total. The maximum atomic E-state index is 10.9. The summed E-state index contributed by atoms with van der Waals surface area (Å²) in [5.41, 5.74) is -0.921. The Labute approximate surface area is 139 Å². The van der Waals surface area contributed by atoms with Gasteiger partial charge in [0.1, 0.15) is 24.4 Å². The van der Waals surface area contributed by atoms with Crippen LogP contribution in [0.2, 0.25) is 0 Å². The Hall–Kier alpha value is -0.420. The van der Waals surface area contributed by atoms with Gasteiger partial charge in [-0.2, -0.15) is 0 Å². The molecule has 0 aromatic carbocycles. The fraction of sp³-hybridized carbons (Fsp3) is 1.00. The summed E-state index contributed by atoms with van der Waals surface area (Å²) in [6.45, 7) is 3.74. The van der Waals surface area contributed by atoms with Crippen LogP contribution in [0.1, 0.15) is 20.8 Å². The summed E-state index contributed by atoms with van der Waals surface area (Å²) < 4.78 is 80.2. The highest BCUT2D eigenvalue weighted by atomic mass is 32.3. The molecular formula is C10H19NO11S2-2. The first-order chi connectivity index (χ1) is 10.6. The quantitative estimate of drug-likeness (QED) is 0.310. The summed E-state index contributed by atoms with van der Waals surface area (Å²) in [5, 5.41) is 19.9. The highest BCUT2D eigenvalue weighted by Gasteiger charge is 2.47. The average Bonchev–Trinajstić information content (AvgIpc) is 2.33. The molecule has 1 fully saturated rings. The monoisotopic (exact) mass is 393 g/mol. The lowest BCUT2D eigenvalue weighted by atomic mass is 9.97. The number of aliphatic hydroxyl groups excluding tert-OH is 2. The third kappa shape index (κ3) is 7.22. The van der Waals surface area contributed by atoms with Crippen molar-refractivity contribution in [2.24, 2.45) is 0 Å². The Morgan fingerprint density at radius 2 is 1.67 bits per heavy atom. The molecule has 1 heterocycles. The molecule has 0 saturated carbocycles. The molecule has 0 aromatic rings. The Kier molecular flexibility index (Phi) is 6.71. The summed E-state index contributed by atoms with van der Waals surface area (Å²) in [6.07, 6.45) is -6.83. The summed E-state index contributed by atoms with van der Waals surface area (Å²) in [4.78, 5) is 0. The molecule has 1 aliphatic heterocycles. The molecule has 2 unspecified atom stereocenters. The van der Waals surface area contributed by atoms with Crippen molar-refractivity contribution in [2.75, 3.05) is 6.61 Å². The SMILES string of the molecule is CC(C)(C)O[C@@H]1OC(COS(=O)(=O)[O-])[C@@H](O)[C@H](O)C1NS(=O)(=O)[O-]. The second kappa shape index (κ2) is 7.45. The fourth-order valence-corrected chi connectivity index (χ4v) is 2.85. The van der Waals surface area contributed by atoms with E-state index in [-0.39, 0.29) is 0 Å². The van der Waals surface area contributed by atoms with Crippen LogP contribution < -0.4 is 4.72 Å². The standard InChI is InChI=1S/C10H21NO11S2/c1-10(2,3)22-9-6(11-23(14,15)16)8(13)7(12)5(21-9)4-20-24(17,18)19/h5-9,11-13H,4H2,1-3H3,(H,14,15,16)(H,17,18,19)/p-2/t5?,6?,7-,8-,9+/m1/s1. The first-order valence-corrected chi connectivity index (χ1v) is 9.36. The van der Waals surface area contributed by atoms with Gasteiger partial charge in [-0.3, -0.25) is 4.18 Å². The second-order valence-electron chi connectivity index (χ2n) is 6.04. The highest BCUT2D eigenvalue weighted by Crippen LogP contribution is 2.26. The lowest BCUT2D eigenvalue weighted by Crippen LogP contribution is -2.65. The number of aliphatic hydroxyl groups is 2. The number of nitrogens with one attached hydrogen (secondary N) is 1. The van der Waals surface area contributed by atoms with Crippen LogP contribution in [0.3, 0.4) is 0 Å². The lowest BCUT2D eigenvalue weighted by molar-refractivity contribution is -0.290. The zero-order valence-corrected chi connectivity index (χ0v) is 14.6. The van der Waals surface area contributed by atoms with E-state index in [4.69, 9.17) is 9.47 Å². The van der Waals surface area contributed by atoms with Crippen LogP contribution in [-0.2, 0) is 34.4 Å². The van der Waals surface area contributed by atoms with Crippen molar-refractivity contribution in [3.8, 4) is 0 Å². The van der Waals surface area contributed by atoms with Gasteiger partial charge < -0.3 is 28.8 Å². The molecule has 0 spiro atoms. The van der Waals surface area contributed by atoms with Crippen molar-refractivity contribution in [1.82, 2.24) is 4.72 Å². The minimum Gasteiger partial charge on any atom is -0.735 e. The molecule has 1 saturated heterocycles. The van der Waals surface area contributed by atoms with Gasteiger partial charge in [0.2, 0.25) is 10.4 Å². The summed E-state index contributed by atoms with van der Waals surface area (Å²) >= 11 is 0. The third-order valence-electron chi connectivity index (χ3n) is 2.83. The van der Waals surface area contributed by atoms with Gasteiger partial charge in [0.15, 0.2) is 16.6 Å². The zero-order valence-electron chi connectivity index (χ0n) is 13.0. The van der Waals surface area contributed by atoms with Crippen LogP contribution in [0, 0.1) is 0 Å². The number of hydrogen-bond acceptors (Lipinski definition) is 11. The van der Waals surface area contributed by atoms with E-state index in [1.165, 1.54) is 4.72 Å². The highest BCUT2D eigenvalue weighted by molar-refractivity contribution is 7.83. The molecule has 12 nitrogen and oxygen atoms in total. The van der Waals surface area contributed by atoms with Crippen molar-refractivity contribution in [3.63, 3.8) is 0 Å². The molecule has 0 radical (unpaired) electrons. The van der Waals surface area contributed by atoms with Crippen molar-refractivity contribution in [2.45, 2.75) is 57.0 Å². The third-order valence-corrected chi connectivity index (χ3v) is 3.81. The van der Waals surface area contributed by atoms with E-state index in [0.29, 0.717) is 0 Å². The van der Waals surface area contributed by atoms with Gasteiger partial charge in [0, 0.05) is 0 Å². The normalized spacial score (nSPS) is 32.7. The van der Waals surface area contributed by atoms with Gasteiger partial charge in [-0.25, -0.2) is 21.6 Å². The van der Waals surface area contributed by atoms with Crippen molar-refractivity contribution in [3.05, 3.63) is 0 Å². The van der Waals surface area contributed by atoms with E-state index >= 15 is 0 Å². The fourth-order valence-electron chi connectivity index (χ4n) is 1.96. The summed E-state index contributed by atoms with van der Waals surface area (Å²) in [6, 6.07) is -1.66. The van der Waals surface area contributed by atoms with E-state index in [2.05, 4.69) is 4.18 Å². The van der Waals surface area contributed by atoms with Crippen molar-refractivity contribution >= 4 is 20.7 Å². The van der Waals surface area contributed by atoms with Crippen LogP contribution >= 0.6 is 0 Å². The molecule has 1 aliphatic rings. The van der Waals surface area contributed by atoms with E-state index in [1.54, 1.807) is 20.8 Å². The van der Waals surface area contributed by atoms with Gasteiger partial charge in [0.25, 0.3) is 0 Å². The molecule has 0 aromatic heterocycles. The summed E-state index contributed by atoms with van der Waals surface area (Å²) in [5.74, 6) is 0. The number of ether oxygens (including phenoxy) is 2. The first-order valence-electron chi connectivity index (χ1n) is 6.62. The topological polar surface area (TPSA) is 195 Å². The first kappa shape index (κ1) is 21.6. The molecule has 144 valence electrons. The average molecular weight is 393 g/mol. The molecule has 0 amide bonds. The Morgan fingerprint density at radius 1 is 1.12 bits per heavy atom. The van der Waals surface area contributed by atoms with Crippen molar-refractivity contribution in [1.29, 1.82) is 0 Å². The smallest absolute Gasteiger partial charge is 0.217 e. The Bertz CT molecular complexity index is 624. The van der Waals surface area contributed by atoms with Gasteiger partial charge in [0.05, 0.1) is 12.2 Å². The van der Waals surface area contributed by atoms with Crippen LogP contribution in [0.15, 0.2) is 0 Å². The number of hydrogen-bond donors (Lipinski definition) is 3. The molecular weight excluding hydrogens is 374 g/mol. The maximum absolute atomic E-state index is 10.9. The second-order valence-corrected chi connectivity index (χ2v) is 8.24. The van der Waals surface area contributed by atoms with E-state index in [0.717, 1.165) is 0 Å². The van der Waals surface area contributed by atoms with E-state index < -0.39 is 63.6 Å². The Morgan fingerprint density at radius 3 is 2.08 bits per heavy atom.